The van der Waals surface area contributed by atoms with Crippen LogP contribution in [0, 0.1) is 0 Å². The fraction of sp³-hybridized carbons (Fsp3) is 0. The van der Waals surface area contributed by atoms with Crippen molar-refractivity contribution in [2.45, 2.75) is 0 Å². The molecule has 114 valence electrons. The highest BCUT2D eigenvalue weighted by atomic mass is 32.1. The van der Waals surface area contributed by atoms with Crippen molar-refractivity contribution in [2.24, 2.45) is 0 Å². The van der Waals surface area contributed by atoms with Crippen LogP contribution in [0.15, 0.2) is 54.6 Å². The molecule has 1 aromatic heterocycles. The molecule has 1 heterocycles. The average molecular weight is 340 g/mol. The van der Waals surface area contributed by atoms with E-state index in [9.17, 15) is 4.79 Å². The average Bonchev–Trinajstić information content (AvgIpc) is 3.03. The molecule has 0 aliphatic rings. The fourth-order valence-corrected chi connectivity index (χ4v) is 2.71. The lowest BCUT2D eigenvalue weighted by Gasteiger charge is -2.08. The van der Waals surface area contributed by atoms with Gasteiger partial charge in [0.1, 0.15) is 11.0 Å². The number of carbonyl (C=O) groups excluding carboxylic acids is 1. The second kappa shape index (κ2) is 7.08. The Bertz CT molecular complexity index is 874. The van der Waals surface area contributed by atoms with Gasteiger partial charge in [-0.25, -0.2) is 0 Å². The zero-order valence-corrected chi connectivity index (χ0v) is 13.5. The summed E-state index contributed by atoms with van der Waals surface area (Å²) in [4.78, 5) is 11.9. The summed E-state index contributed by atoms with van der Waals surface area (Å²) in [6.07, 6.45) is 3.16. The lowest BCUT2D eigenvalue weighted by molar-refractivity contribution is -0.115. The number of nitrogens with zero attached hydrogens (tertiary/aromatic N) is 2. The Morgan fingerprint density at radius 1 is 1.09 bits per heavy atom. The van der Waals surface area contributed by atoms with Gasteiger partial charge in [0.2, 0.25) is 5.91 Å². The molecule has 2 aromatic carbocycles. The highest BCUT2D eigenvalue weighted by Crippen LogP contribution is 2.20. The molecule has 0 unspecified atom stereocenters. The van der Waals surface area contributed by atoms with Crippen molar-refractivity contribution in [3.05, 3.63) is 60.2 Å². The van der Waals surface area contributed by atoms with E-state index in [4.69, 9.17) is 12.2 Å². The van der Waals surface area contributed by atoms with Crippen LogP contribution in [0.5, 0.6) is 0 Å². The van der Waals surface area contributed by atoms with Crippen molar-refractivity contribution in [3.63, 3.8) is 0 Å². The first-order valence-corrected chi connectivity index (χ1v) is 7.92. The maximum Gasteiger partial charge on any atom is 0.250 e. The number of aromatic nitrogens is 2. The summed E-state index contributed by atoms with van der Waals surface area (Å²) >= 11 is 6.29. The molecule has 0 atom stereocenters. The summed E-state index contributed by atoms with van der Waals surface area (Å²) in [6, 6.07) is 15.1. The van der Waals surface area contributed by atoms with E-state index in [1.54, 1.807) is 6.08 Å². The van der Waals surface area contributed by atoms with Gasteiger partial charge in [-0.3, -0.25) is 10.1 Å². The maximum atomic E-state index is 11.9. The molecule has 7 heteroatoms. The van der Waals surface area contributed by atoms with Crippen molar-refractivity contribution in [1.29, 1.82) is 0 Å². The quantitative estimate of drug-likeness (QED) is 0.566. The van der Waals surface area contributed by atoms with Gasteiger partial charge in [-0.2, -0.15) is 8.75 Å². The summed E-state index contributed by atoms with van der Waals surface area (Å²) in [5, 5.41) is 5.79. The number of hydrogen-bond donors (Lipinski definition) is 2. The number of amides is 1. The van der Waals surface area contributed by atoms with E-state index < -0.39 is 0 Å². The Morgan fingerprint density at radius 2 is 1.91 bits per heavy atom. The zero-order valence-electron chi connectivity index (χ0n) is 11.9. The summed E-state index contributed by atoms with van der Waals surface area (Å²) in [5.41, 5.74) is 3.18. The van der Waals surface area contributed by atoms with E-state index in [1.807, 2.05) is 48.5 Å². The highest BCUT2D eigenvalue weighted by molar-refractivity contribution is 7.80. The number of anilines is 1. The largest absolute Gasteiger partial charge is 0.331 e. The molecular formula is C16H12N4OS2. The number of carbonyl (C=O) groups is 1. The summed E-state index contributed by atoms with van der Waals surface area (Å²) in [7, 11) is 0. The topological polar surface area (TPSA) is 66.9 Å². The maximum absolute atomic E-state index is 11.9. The molecule has 0 radical (unpaired) electrons. The van der Waals surface area contributed by atoms with E-state index in [-0.39, 0.29) is 11.0 Å². The molecule has 2 N–H and O–H groups in total. The molecule has 3 aromatic rings. The van der Waals surface area contributed by atoms with Gasteiger partial charge >= 0.3 is 0 Å². The van der Waals surface area contributed by atoms with E-state index >= 15 is 0 Å². The van der Waals surface area contributed by atoms with Gasteiger partial charge in [0, 0.05) is 6.08 Å². The van der Waals surface area contributed by atoms with Crippen molar-refractivity contribution in [3.8, 4) is 0 Å². The van der Waals surface area contributed by atoms with Gasteiger partial charge in [-0.15, -0.1) is 0 Å². The third kappa shape index (κ3) is 3.97. The van der Waals surface area contributed by atoms with Crippen LogP contribution in [0.2, 0.25) is 0 Å². The van der Waals surface area contributed by atoms with Gasteiger partial charge in [0.05, 0.1) is 17.4 Å². The van der Waals surface area contributed by atoms with Gasteiger partial charge in [-0.05, 0) is 36.0 Å². The second-order valence-electron chi connectivity index (χ2n) is 4.62. The van der Waals surface area contributed by atoms with Crippen LogP contribution in [-0.2, 0) is 4.79 Å². The van der Waals surface area contributed by atoms with Crippen molar-refractivity contribution in [1.82, 2.24) is 14.1 Å². The summed E-state index contributed by atoms with van der Waals surface area (Å²) in [5.74, 6) is -0.296. The van der Waals surface area contributed by atoms with E-state index in [2.05, 4.69) is 19.4 Å². The molecule has 0 aliphatic heterocycles. The van der Waals surface area contributed by atoms with Crippen molar-refractivity contribution >= 4 is 57.8 Å². The SMILES string of the molecule is O=C(C=Cc1ccccc1)NC(=S)Nc1cccc2nsnc12. The van der Waals surface area contributed by atoms with Crippen molar-refractivity contribution < 1.29 is 4.79 Å². The summed E-state index contributed by atoms with van der Waals surface area (Å²) in [6.45, 7) is 0. The number of hydrogen-bond acceptors (Lipinski definition) is 5. The van der Waals surface area contributed by atoms with Crippen LogP contribution >= 0.6 is 23.9 Å². The number of benzene rings is 2. The van der Waals surface area contributed by atoms with Gasteiger partial charge in [0.25, 0.3) is 0 Å². The van der Waals surface area contributed by atoms with Crippen molar-refractivity contribution in [2.75, 3.05) is 5.32 Å². The third-order valence-corrected chi connectivity index (χ3v) is 3.74. The van der Waals surface area contributed by atoms with E-state index in [0.717, 1.165) is 28.3 Å². The smallest absolute Gasteiger partial charge is 0.250 e. The van der Waals surface area contributed by atoms with E-state index in [0.29, 0.717) is 5.69 Å². The Hall–Kier alpha value is -2.64. The Labute approximate surface area is 142 Å². The molecule has 0 bridgehead atoms. The first kappa shape index (κ1) is 15.3. The first-order chi connectivity index (χ1) is 11.2. The predicted molar refractivity (Wildman–Crippen MR) is 97.3 cm³/mol. The minimum absolute atomic E-state index is 0.216. The van der Waals surface area contributed by atoms with Crippen LogP contribution in [-0.4, -0.2) is 19.8 Å². The lowest BCUT2D eigenvalue weighted by Crippen LogP contribution is -2.32. The van der Waals surface area contributed by atoms with Gasteiger partial charge < -0.3 is 5.32 Å². The van der Waals surface area contributed by atoms with Gasteiger partial charge in [0.15, 0.2) is 5.11 Å². The first-order valence-electron chi connectivity index (χ1n) is 6.79. The monoisotopic (exact) mass is 340 g/mol. The highest BCUT2D eigenvalue weighted by Gasteiger charge is 2.07. The van der Waals surface area contributed by atoms with Gasteiger partial charge in [-0.1, -0.05) is 36.4 Å². The molecule has 0 fully saturated rings. The molecule has 0 saturated carbocycles. The molecule has 3 rings (SSSR count). The Morgan fingerprint density at radius 3 is 2.74 bits per heavy atom. The molecule has 0 aliphatic carbocycles. The van der Waals surface area contributed by atoms with E-state index in [1.165, 1.54) is 6.08 Å². The number of thiocarbonyl (C=S) groups is 1. The Kier molecular flexibility index (Phi) is 4.70. The van der Waals surface area contributed by atoms with Crippen LogP contribution in [0.4, 0.5) is 5.69 Å². The lowest BCUT2D eigenvalue weighted by atomic mass is 10.2. The minimum atomic E-state index is -0.296. The minimum Gasteiger partial charge on any atom is -0.331 e. The number of rotatable bonds is 3. The Balaban J connectivity index is 1.62. The second-order valence-corrected chi connectivity index (χ2v) is 5.56. The number of nitrogens with one attached hydrogen (secondary N) is 2. The third-order valence-electron chi connectivity index (χ3n) is 3.00. The molecule has 23 heavy (non-hydrogen) atoms. The predicted octanol–water partition coefficient (Wildman–Crippen LogP) is 3.22. The molecular weight excluding hydrogens is 328 g/mol. The molecule has 5 nitrogen and oxygen atoms in total. The summed E-state index contributed by atoms with van der Waals surface area (Å²) < 4.78 is 8.37. The normalized spacial score (nSPS) is 10.8. The molecule has 0 spiro atoms. The van der Waals surface area contributed by atoms with Crippen LogP contribution in [0.1, 0.15) is 5.56 Å². The zero-order chi connectivity index (χ0) is 16.1. The molecule has 0 saturated heterocycles. The molecule has 1 amide bonds. The van der Waals surface area contributed by atoms with Crippen LogP contribution < -0.4 is 10.6 Å². The van der Waals surface area contributed by atoms with Crippen LogP contribution in [0.3, 0.4) is 0 Å². The number of fused-ring (bicyclic) bond motifs is 1. The van der Waals surface area contributed by atoms with Crippen LogP contribution in [0.25, 0.3) is 17.1 Å². The fourth-order valence-electron chi connectivity index (χ4n) is 1.95. The standard InChI is InChI=1S/C16H12N4OS2/c21-14(10-9-11-5-2-1-3-6-11)18-16(22)17-12-7-4-8-13-15(12)20-23-19-13/h1-10H,(H2,17,18,21,22).